The summed E-state index contributed by atoms with van der Waals surface area (Å²) in [5.74, 6) is 2.32. The van der Waals surface area contributed by atoms with E-state index in [0.29, 0.717) is 22.6 Å². The van der Waals surface area contributed by atoms with E-state index in [9.17, 15) is 0 Å². The third-order valence-electron chi connectivity index (χ3n) is 5.53. The number of piperidine rings is 1. The first-order chi connectivity index (χ1) is 15.2. The van der Waals surface area contributed by atoms with Crippen molar-refractivity contribution in [3.63, 3.8) is 0 Å². The molecule has 0 saturated carbocycles. The molecule has 158 valence electrons. The van der Waals surface area contributed by atoms with Crippen molar-refractivity contribution >= 4 is 34.0 Å². The number of nitrogens with zero attached hydrogens (tertiary/aromatic N) is 4. The van der Waals surface area contributed by atoms with Crippen molar-refractivity contribution in [2.75, 3.05) is 18.4 Å². The van der Waals surface area contributed by atoms with Crippen molar-refractivity contribution in [3.05, 3.63) is 65.6 Å². The smallest absolute Gasteiger partial charge is 0.238 e. The monoisotopic (exact) mass is 434 g/mol. The molecular weight excluding hydrogens is 412 g/mol. The van der Waals surface area contributed by atoms with Gasteiger partial charge in [0.15, 0.2) is 0 Å². The van der Waals surface area contributed by atoms with Crippen LogP contribution in [0.2, 0.25) is 5.02 Å². The highest BCUT2D eigenvalue weighted by atomic mass is 35.5. The first-order valence-corrected chi connectivity index (χ1v) is 10.7. The minimum Gasteiger partial charge on any atom is -0.436 e. The fraction of sp³-hybridized carbons (Fsp3) is 0.261. The Balaban J connectivity index is 1.41. The molecule has 0 bridgehead atoms. The maximum Gasteiger partial charge on any atom is 0.238 e. The number of ether oxygens (including phenoxy) is 1. The van der Waals surface area contributed by atoms with Crippen molar-refractivity contribution in [3.8, 4) is 11.6 Å². The van der Waals surface area contributed by atoms with E-state index in [0.717, 1.165) is 35.5 Å². The quantitative estimate of drug-likeness (QED) is 0.459. The standard InChI is InChI=1S/C23H23ClN6O/c1-30-10-8-22(29-30)31-21-7-5-17(12-19(21)24)28-23-18-11-15(16-3-2-9-25-13-16)4-6-20(18)26-14-27-23/h4-8,10-12,14,16,25H,2-3,9,13H2,1H3,(H,26,27,28). The Bertz CT molecular complexity index is 1220. The number of nitrogens with one attached hydrogen (secondary N) is 2. The maximum absolute atomic E-state index is 6.46. The van der Waals surface area contributed by atoms with E-state index < -0.39 is 0 Å². The molecule has 3 heterocycles. The van der Waals surface area contributed by atoms with Crippen molar-refractivity contribution in [2.24, 2.45) is 7.05 Å². The van der Waals surface area contributed by atoms with Gasteiger partial charge in [-0.1, -0.05) is 17.7 Å². The summed E-state index contributed by atoms with van der Waals surface area (Å²) in [6.07, 6.45) is 5.79. The summed E-state index contributed by atoms with van der Waals surface area (Å²) in [5.41, 5.74) is 3.05. The summed E-state index contributed by atoms with van der Waals surface area (Å²) in [5, 5.41) is 12.6. The van der Waals surface area contributed by atoms with Gasteiger partial charge in [-0.15, -0.1) is 5.10 Å². The first-order valence-electron chi connectivity index (χ1n) is 10.4. The van der Waals surface area contributed by atoms with Gasteiger partial charge in [-0.3, -0.25) is 4.68 Å². The Morgan fingerprint density at radius 2 is 2.10 bits per heavy atom. The molecule has 2 N–H and O–H groups in total. The zero-order chi connectivity index (χ0) is 21.2. The van der Waals surface area contributed by atoms with Crippen LogP contribution in [0, 0.1) is 0 Å². The summed E-state index contributed by atoms with van der Waals surface area (Å²) in [4.78, 5) is 8.91. The number of fused-ring (bicyclic) bond motifs is 1. The van der Waals surface area contributed by atoms with Crippen LogP contribution in [0.25, 0.3) is 10.9 Å². The van der Waals surface area contributed by atoms with Crippen LogP contribution in [0.15, 0.2) is 55.0 Å². The normalized spacial score (nSPS) is 16.4. The van der Waals surface area contributed by atoms with Crippen LogP contribution in [0.4, 0.5) is 11.5 Å². The molecule has 2 aromatic heterocycles. The van der Waals surface area contributed by atoms with Crippen molar-refractivity contribution in [2.45, 2.75) is 18.8 Å². The number of hydrogen-bond donors (Lipinski definition) is 2. The van der Waals surface area contributed by atoms with Crippen LogP contribution in [0.1, 0.15) is 24.3 Å². The fourth-order valence-electron chi connectivity index (χ4n) is 3.92. The fourth-order valence-corrected chi connectivity index (χ4v) is 4.14. The molecule has 1 unspecified atom stereocenters. The van der Waals surface area contributed by atoms with Gasteiger partial charge < -0.3 is 15.4 Å². The highest BCUT2D eigenvalue weighted by molar-refractivity contribution is 6.32. The van der Waals surface area contributed by atoms with Crippen LogP contribution >= 0.6 is 11.6 Å². The van der Waals surface area contributed by atoms with Crippen LogP contribution in [-0.4, -0.2) is 32.8 Å². The molecule has 7 nitrogen and oxygen atoms in total. The van der Waals surface area contributed by atoms with Gasteiger partial charge in [0.25, 0.3) is 0 Å². The molecule has 4 aromatic rings. The van der Waals surface area contributed by atoms with Crippen molar-refractivity contribution < 1.29 is 4.74 Å². The third kappa shape index (κ3) is 4.33. The Hall–Kier alpha value is -3.16. The minimum absolute atomic E-state index is 0.489. The molecule has 5 rings (SSSR count). The SMILES string of the molecule is Cn1ccc(Oc2ccc(Nc3ncnc4ccc(C5CCCNC5)cc34)cc2Cl)n1. The lowest BCUT2D eigenvalue weighted by Gasteiger charge is -2.23. The molecule has 1 atom stereocenters. The number of anilines is 2. The number of halogens is 1. The predicted molar refractivity (Wildman–Crippen MR) is 122 cm³/mol. The number of hydrogen-bond acceptors (Lipinski definition) is 6. The predicted octanol–water partition coefficient (Wildman–Crippen LogP) is 5.02. The van der Waals surface area contributed by atoms with E-state index in [1.165, 1.54) is 18.4 Å². The molecule has 0 aliphatic carbocycles. The number of benzene rings is 2. The Labute approximate surface area is 185 Å². The summed E-state index contributed by atoms with van der Waals surface area (Å²) in [6, 6.07) is 13.8. The van der Waals surface area contributed by atoms with Crippen LogP contribution < -0.4 is 15.4 Å². The molecule has 1 fully saturated rings. The molecule has 0 spiro atoms. The largest absolute Gasteiger partial charge is 0.436 e. The lowest BCUT2D eigenvalue weighted by molar-refractivity contribution is 0.454. The van der Waals surface area contributed by atoms with Crippen LogP contribution in [0.5, 0.6) is 11.6 Å². The summed E-state index contributed by atoms with van der Waals surface area (Å²) < 4.78 is 7.44. The third-order valence-corrected chi connectivity index (χ3v) is 5.82. The lowest BCUT2D eigenvalue weighted by Crippen LogP contribution is -2.28. The highest BCUT2D eigenvalue weighted by Gasteiger charge is 2.16. The van der Waals surface area contributed by atoms with Crippen LogP contribution in [-0.2, 0) is 7.05 Å². The molecule has 0 amide bonds. The molecular formula is C23H23ClN6O. The average Bonchev–Trinajstić information content (AvgIpc) is 3.21. The molecule has 0 radical (unpaired) electrons. The van der Waals surface area contributed by atoms with E-state index in [1.807, 2.05) is 31.4 Å². The topological polar surface area (TPSA) is 76.9 Å². The Kier molecular flexibility index (Phi) is 5.44. The minimum atomic E-state index is 0.489. The second-order valence-corrected chi connectivity index (χ2v) is 8.15. The second-order valence-electron chi connectivity index (χ2n) is 7.74. The average molecular weight is 435 g/mol. The zero-order valence-electron chi connectivity index (χ0n) is 17.2. The van der Waals surface area contributed by atoms with E-state index in [2.05, 4.69) is 43.9 Å². The summed E-state index contributed by atoms with van der Waals surface area (Å²) in [7, 11) is 1.84. The molecule has 1 aliphatic rings. The first kappa shape index (κ1) is 19.8. The lowest BCUT2D eigenvalue weighted by atomic mass is 9.91. The molecule has 1 saturated heterocycles. The Morgan fingerprint density at radius 1 is 1.16 bits per heavy atom. The van der Waals surface area contributed by atoms with Crippen molar-refractivity contribution in [1.29, 1.82) is 0 Å². The molecule has 31 heavy (non-hydrogen) atoms. The maximum atomic E-state index is 6.46. The van der Waals surface area contributed by atoms with Gasteiger partial charge in [0.1, 0.15) is 17.9 Å². The summed E-state index contributed by atoms with van der Waals surface area (Å²) >= 11 is 6.46. The van der Waals surface area contributed by atoms with Gasteiger partial charge in [0.2, 0.25) is 5.88 Å². The molecule has 8 heteroatoms. The van der Waals surface area contributed by atoms with Gasteiger partial charge >= 0.3 is 0 Å². The Morgan fingerprint density at radius 3 is 2.87 bits per heavy atom. The van der Waals surface area contributed by atoms with Crippen LogP contribution in [0.3, 0.4) is 0 Å². The van der Waals surface area contributed by atoms with Gasteiger partial charge in [0, 0.05) is 36.9 Å². The number of rotatable bonds is 5. The second kappa shape index (κ2) is 8.53. The van der Waals surface area contributed by atoms with E-state index in [-0.39, 0.29) is 0 Å². The van der Waals surface area contributed by atoms with Gasteiger partial charge in [-0.2, -0.15) is 0 Å². The van der Waals surface area contributed by atoms with Gasteiger partial charge in [-0.05, 0) is 61.2 Å². The van der Waals surface area contributed by atoms with Gasteiger partial charge in [0.05, 0.1) is 10.5 Å². The van der Waals surface area contributed by atoms with E-state index >= 15 is 0 Å². The molecule has 2 aromatic carbocycles. The van der Waals surface area contributed by atoms with E-state index in [1.54, 1.807) is 17.1 Å². The summed E-state index contributed by atoms with van der Waals surface area (Å²) in [6.45, 7) is 2.11. The van der Waals surface area contributed by atoms with E-state index in [4.69, 9.17) is 16.3 Å². The number of aromatic nitrogens is 4. The van der Waals surface area contributed by atoms with Gasteiger partial charge in [-0.25, -0.2) is 9.97 Å². The zero-order valence-corrected chi connectivity index (χ0v) is 17.9. The van der Waals surface area contributed by atoms with Crippen molar-refractivity contribution in [1.82, 2.24) is 25.1 Å². The highest BCUT2D eigenvalue weighted by Crippen LogP contribution is 2.33. The molecule has 1 aliphatic heterocycles. The number of aryl methyl sites for hydroxylation is 1.